The Bertz CT molecular complexity index is 1290. The molecule has 1 saturated carbocycles. The first-order valence-corrected chi connectivity index (χ1v) is 10.7. The molecule has 1 unspecified atom stereocenters. The number of anilines is 2. The number of methoxy groups -OCH3 is 1. The van der Waals surface area contributed by atoms with E-state index in [1.165, 1.54) is 31.5 Å². The number of benzene rings is 2. The number of ether oxygens (including phenoxy) is 1. The molecule has 3 aromatic rings. The van der Waals surface area contributed by atoms with Crippen LogP contribution in [0.2, 0.25) is 5.02 Å². The summed E-state index contributed by atoms with van der Waals surface area (Å²) in [6.45, 7) is 0.196. The van der Waals surface area contributed by atoms with E-state index in [1.807, 2.05) is 0 Å². The maximum Gasteiger partial charge on any atom is 0.258 e. The highest BCUT2D eigenvalue weighted by atomic mass is 35.5. The SMILES string of the molecule is COCC1[C@@H](C(=O)Nc2ccc(-n3ccc(O)cc3=O)cc2F)[C@H]1C(=O)Nc1ccc(Cl)cc1. The highest BCUT2D eigenvalue weighted by Gasteiger charge is 2.58. The number of rotatable bonds is 7. The highest BCUT2D eigenvalue weighted by Crippen LogP contribution is 2.48. The summed E-state index contributed by atoms with van der Waals surface area (Å²) in [6, 6.07) is 12.8. The number of halogens is 2. The van der Waals surface area contributed by atoms with Crippen LogP contribution in [0.5, 0.6) is 5.75 Å². The predicted molar refractivity (Wildman–Crippen MR) is 125 cm³/mol. The fourth-order valence-corrected chi connectivity index (χ4v) is 4.03. The standard InChI is InChI=1S/C24H21ClFN3O5/c1-34-12-17-21(23(32)27-14-4-2-13(25)3-5-14)22(17)24(33)28-19-7-6-15(10-18(19)26)29-9-8-16(30)11-20(29)31/h2-11,17,21-22,30H,12H2,1H3,(H,27,32)(H,28,33)/t17?,21-,22+/m0/s1. The zero-order valence-electron chi connectivity index (χ0n) is 18.0. The second kappa shape index (κ2) is 9.66. The normalized spacial score (nSPS) is 18.9. The molecule has 0 radical (unpaired) electrons. The van der Waals surface area contributed by atoms with Crippen LogP contribution >= 0.6 is 11.6 Å². The summed E-state index contributed by atoms with van der Waals surface area (Å²) in [4.78, 5) is 37.6. The van der Waals surface area contributed by atoms with E-state index in [1.54, 1.807) is 24.3 Å². The van der Waals surface area contributed by atoms with Crippen LogP contribution in [0, 0.1) is 23.6 Å². The minimum Gasteiger partial charge on any atom is -0.508 e. The van der Waals surface area contributed by atoms with Gasteiger partial charge < -0.3 is 20.5 Å². The lowest BCUT2D eigenvalue weighted by Crippen LogP contribution is -2.21. The van der Waals surface area contributed by atoms with Gasteiger partial charge in [0.25, 0.3) is 5.56 Å². The van der Waals surface area contributed by atoms with Gasteiger partial charge in [-0.15, -0.1) is 0 Å². The van der Waals surface area contributed by atoms with Crippen LogP contribution in [0.3, 0.4) is 0 Å². The highest BCUT2D eigenvalue weighted by molar-refractivity contribution is 6.30. The molecule has 10 heteroatoms. The molecule has 0 spiro atoms. The van der Waals surface area contributed by atoms with Gasteiger partial charge in [-0.1, -0.05) is 11.6 Å². The first-order chi connectivity index (χ1) is 16.3. The van der Waals surface area contributed by atoms with Gasteiger partial charge in [-0.2, -0.15) is 0 Å². The van der Waals surface area contributed by atoms with Gasteiger partial charge in [0.2, 0.25) is 11.8 Å². The van der Waals surface area contributed by atoms with Crippen molar-refractivity contribution < 1.29 is 23.8 Å². The number of amides is 2. The van der Waals surface area contributed by atoms with E-state index in [4.69, 9.17) is 16.3 Å². The van der Waals surface area contributed by atoms with E-state index >= 15 is 0 Å². The Morgan fingerprint density at radius 1 is 1.06 bits per heavy atom. The van der Waals surface area contributed by atoms with E-state index in [-0.39, 0.29) is 35.6 Å². The lowest BCUT2D eigenvalue weighted by atomic mass is 10.2. The quantitative estimate of drug-likeness (QED) is 0.475. The lowest BCUT2D eigenvalue weighted by molar-refractivity contribution is -0.122. The number of aromatic hydroxyl groups is 1. The Kier molecular flexibility index (Phi) is 6.67. The molecular formula is C24H21ClFN3O5. The molecule has 2 amide bonds. The molecule has 34 heavy (non-hydrogen) atoms. The van der Waals surface area contributed by atoms with Crippen molar-refractivity contribution in [3.8, 4) is 11.4 Å². The molecule has 1 aliphatic carbocycles. The van der Waals surface area contributed by atoms with Gasteiger partial charge in [-0.25, -0.2) is 4.39 Å². The zero-order chi connectivity index (χ0) is 24.4. The van der Waals surface area contributed by atoms with Crippen molar-refractivity contribution in [1.82, 2.24) is 4.57 Å². The molecule has 2 aromatic carbocycles. The summed E-state index contributed by atoms with van der Waals surface area (Å²) in [5.74, 6) is -3.47. The van der Waals surface area contributed by atoms with Crippen molar-refractivity contribution in [2.45, 2.75) is 0 Å². The van der Waals surface area contributed by atoms with Gasteiger partial charge >= 0.3 is 0 Å². The maximum absolute atomic E-state index is 14.7. The van der Waals surface area contributed by atoms with Gasteiger partial charge in [0.1, 0.15) is 11.6 Å². The van der Waals surface area contributed by atoms with E-state index in [0.29, 0.717) is 10.7 Å². The fraction of sp³-hybridized carbons (Fsp3) is 0.208. The molecule has 8 nitrogen and oxygen atoms in total. The second-order valence-corrected chi connectivity index (χ2v) is 8.35. The van der Waals surface area contributed by atoms with E-state index in [2.05, 4.69) is 10.6 Å². The smallest absolute Gasteiger partial charge is 0.258 e. The molecule has 0 bridgehead atoms. The van der Waals surface area contributed by atoms with Gasteiger partial charge in [-0.05, 0) is 42.5 Å². The average Bonchev–Trinajstić information content (AvgIpc) is 3.51. The predicted octanol–water partition coefficient (Wildman–Crippen LogP) is 3.42. The third-order valence-electron chi connectivity index (χ3n) is 5.64. The first kappa shape index (κ1) is 23.5. The van der Waals surface area contributed by atoms with E-state index in [0.717, 1.165) is 16.7 Å². The lowest BCUT2D eigenvalue weighted by Gasteiger charge is -2.10. The summed E-state index contributed by atoms with van der Waals surface area (Å²) in [5.41, 5.74) is 0.152. The molecule has 176 valence electrons. The summed E-state index contributed by atoms with van der Waals surface area (Å²) in [5, 5.41) is 15.2. The van der Waals surface area contributed by atoms with Crippen LogP contribution in [-0.2, 0) is 14.3 Å². The molecule has 0 saturated heterocycles. The second-order valence-electron chi connectivity index (χ2n) is 7.91. The Labute approximate surface area is 198 Å². The molecule has 1 aromatic heterocycles. The van der Waals surface area contributed by atoms with Crippen LogP contribution in [0.15, 0.2) is 65.6 Å². The van der Waals surface area contributed by atoms with Crippen LogP contribution in [0.25, 0.3) is 5.69 Å². The molecule has 3 atom stereocenters. The number of pyridine rings is 1. The Balaban J connectivity index is 1.47. The number of hydrogen-bond acceptors (Lipinski definition) is 5. The summed E-state index contributed by atoms with van der Waals surface area (Å²) >= 11 is 5.86. The Hall–Kier alpha value is -3.69. The van der Waals surface area contributed by atoms with E-state index in [9.17, 15) is 23.9 Å². The fourth-order valence-electron chi connectivity index (χ4n) is 3.90. The summed E-state index contributed by atoms with van der Waals surface area (Å²) in [6.07, 6.45) is 1.31. The topological polar surface area (TPSA) is 110 Å². The summed E-state index contributed by atoms with van der Waals surface area (Å²) in [7, 11) is 1.48. The maximum atomic E-state index is 14.7. The van der Waals surface area contributed by atoms with E-state index < -0.39 is 29.1 Å². The number of hydrogen-bond donors (Lipinski definition) is 3. The van der Waals surface area contributed by atoms with Crippen LogP contribution in [0.4, 0.5) is 15.8 Å². The summed E-state index contributed by atoms with van der Waals surface area (Å²) < 4.78 is 21.0. The van der Waals surface area contributed by atoms with Crippen molar-refractivity contribution in [2.24, 2.45) is 17.8 Å². The van der Waals surface area contributed by atoms with Crippen LogP contribution in [0.1, 0.15) is 0 Å². The molecule has 0 aliphatic heterocycles. The van der Waals surface area contributed by atoms with Crippen molar-refractivity contribution in [2.75, 3.05) is 24.4 Å². The number of carbonyl (C=O) groups is 2. The van der Waals surface area contributed by atoms with Gasteiger partial charge in [-0.3, -0.25) is 19.0 Å². The zero-order valence-corrected chi connectivity index (χ0v) is 18.8. The number of nitrogens with zero attached hydrogens (tertiary/aromatic N) is 1. The molecular weight excluding hydrogens is 465 g/mol. The van der Waals surface area contributed by atoms with Crippen LogP contribution < -0.4 is 16.2 Å². The van der Waals surface area contributed by atoms with Crippen molar-refractivity contribution in [1.29, 1.82) is 0 Å². The molecule has 1 heterocycles. The first-order valence-electron chi connectivity index (χ1n) is 10.4. The monoisotopic (exact) mass is 485 g/mol. The number of carbonyl (C=O) groups excluding carboxylic acids is 2. The van der Waals surface area contributed by atoms with Crippen molar-refractivity contribution in [3.05, 3.63) is 82.0 Å². The minimum absolute atomic E-state index is 0.0829. The minimum atomic E-state index is -0.753. The number of aromatic nitrogens is 1. The third-order valence-corrected chi connectivity index (χ3v) is 5.89. The van der Waals surface area contributed by atoms with Gasteiger partial charge in [0.15, 0.2) is 0 Å². The van der Waals surface area contributed by atoms with Crippen LogP contribution in [-0.4, -0.2) is 35.2 Å². The largest absolute Gasteiger partial charge is 0.508 e. The molecule has 1 aliphatic rings. The van der Waals surface area contributed by atoms with Gasteiger partial charge in [0, 0.05) is 42.1 Å². The number of nitrogens with one attached hydrogen (secondary N) is 2. The molecule has 3 N–H and O–H groups in total. The van der Waals surface area contributed by atoms with Crippen molar-refractivity contribution in [3.63, 3.8) is 0 Å². The third kappa shape index (κ3) is 4.95. The van der Waals surface area contributed by atoms with Gasteiger partial charge in [0.05, 0.1) is 29.8 Å². The Morgan fingerprint density at radius 3 is 2.35 bits per heavy atom. The molecule has 1 fully saturated rings. The Morgan fingerprint density at radius 2 is 1.74 bits per heavy atom. The average molecular weight is 486 g/mol. The van der Waals surface area contributed by atoms with Crippen molar-refractivity contribution >= 4 is 34.8 Å². The molecule has 4 rings (SSSR count).